The van der Waals surface area contributed by atoms with Crippen LogP contribution in [0.3, 0.4) is 0 Å². The molecule has 1 heterocycles. The predicted octanol–water partition coefficient (Wildman–Crippen LogP) is 3.62. The third kappa shape index (κ3) is 3.01. The number of benzene rings is 1. The van der Waals surface area contributed by atoms with E-state index in [1.54, 1.807) is 6.92 Å². The smallest absolute Gasteiger partial charge is 0.318 e. The first-order chi connectivity index (χ1) is 12.2. The summed E-state index contributed by atoms with van der Waals surface area (Å²) in [7, 11) is 0. The zero-order valence-electron chi connectivity index (χ0n) is 14.8. The van der Waals surface area contributed by atoms with Gasteiger partial charge in [-0.1, -0.05) is 17.3 Å². The van der Waals surface area contributed by atoms with Crippen LogP contribution in [0, 0.1) is 6.92 Å². The molecule has 1 fully saturated rings. The van der Waals surface area contributed by atoms with Crippen molar-refractivity contribution in [1.82, 2.24) is 20.4 Å². The summed E-state index contributed by atoms with van der Waals surface area (Å²) in [6, 6.07) is 6.82. The van der Waals surface area contributed by atoms with Gasteiger partial charge in [-0.05, 0) is 56.2 Å². The number of carbonyl (C=O) groups excluding carboxylic acids is 1. The molecule has 1 aromatic carbocycles. The van der Waals surface area contributed by atoms with Crippen LogP contribution in [0.4, 0.5) is 4.79 Å². The van der Waals surface area contributed by atoms with Crippen LogP contribution in [-0.2, 0) is 6.42 Å². The number of aryl methyl sites for hydroxylation is 2. The number of fused-ring (bicyclic) bond motifs is 1. The fourth-order valence-corrected chi connectivity index (χ4v) is 3.82. The van der Waals surface area contributed by atoms with Crippen molar-refractivity contribution in [2.24, 2.45) is 0 Å². The van der Waals surface area contributed by atoms with Gasteiger partial charge in [0.15, 0.2) is 0 Å². The summed E-state index contributed by atoms with van der Waals surface area (Å²) in [5.41, 5.74) is 3.44. The lowest BCUT2D eigenvalue weighted by atomic mass is 9.92. The molecule has 0 saturated heterocycles. The molecule has 6 nitrogen and oxygen atoms in total. The fraction of sp³-hybridized carbons (Fsp3) is 0.526. The van der Waals surface area contributed by atoms with E-state index in [4.69, 9.17) is 4.52 Å². The zero-order valence-corrected chi connectivity index (χ0v) is 14.8. The number of amides is 2. The maximum atomic E-state index is 12.6. The topological polar surface area (TPSA) is 71.3 Å². The fourth-order valence-electron chi connectivity index (χ4n) is 3.82. The Hall–Kier alpha value is -2.37. The Kier molecular flexibility index (Phi) is 4.19. The summed E-state index contributed by atoms with van der Waals surface area (Å²) in [5, 5.41) is 7.22. The van der Waals surface area contributed by atoms with Crippen LogP contribution in [0.5, 0.6) is 0 Å². The Bertz CT molecular complexity index is 781. The quantitative estimate of drug-likeness (QED) is 0.923. The van der Waals surface area contributed by atoms with Crippen molar-refractivity contribution in [3.05, 3.63) is 35.2 Å². The summed E-state index contributed by atoms with van der Waals surface area (Å²) in [4.78, 5) is 18.9. The first kappa shape index (κ1) is 16.1. The van der Waals surface area contributed by atoms with Crippen LogP contribution in [0.15, 0.2) is 22.7 Å². The average molecular weight is 340 g/mol. The van der Waals surface area contributed by atoms with Gasteiger partial charge in [0.05, 0.1) is 6.04 Å². The molecule has 2 aliphatic rings. The van der Waals surface area contributed by atoms with Crippen LogP contribution in [0.2, 0.25) is 0 Å². The Balaban J connectivity index is 1.49. The highest BCUT2D eigenvalue weighted by Gasteiger charge is 2.31. The minimum atomic E-state index is 0.0721. The molecule has 2 amide bonds. The lowest BCUT2D eigenvalue weighted by Gasteiger charge is -2.37. The molecule has 1 atom stereocenters. The second kappa shape index (κ2) is 6.50. The summed E-state index contributed by atoms with van der Waals surface area (Å²) < 4.78 is 5.07. The zero-order chi connectivity index (χ0) is 17.4. The SMILES string of the molecule is CCN(C(=O)N[C@@H]1CCc2cc(-c3noc(C)n3)ccc21)C1CCC1. The standard InChI is InChI=1S/C19H24N4O2/c1-3-23(15-5-4-6-15)19(24)21-17-10-8-13-11-14(7-9-16(13)17)18-20-12(2)25-22-18/h7,9,11,15,17H,3-6,8,10H2,1-2H3,(H,21,24)/t17-/m1/s1. The molecule has 0 aliphatic heterocycles. The highest BCUT2D eigenvalue weighted by molar-refractivity contribution is 5.75. The van der Waals surface area contributed by atoms with E-state index in [1.165, 1.54) is 17.5 Å². The van der Waals surface area contributed by atoms with Crippen LogP contribution < -0.4 is 5.32 Å². The van der Waals surface area contributed by atoms with E-state index >= 15 is 0 Å². The second-order valence-corrected chi connectivity index (χ2v) is 6.96. The van der Waals surface area contributed by atoms with Crippen molar-refractivity contribution in [2.75, 3.05) is 6.54 Å². The maximum absolute atomic E-state index is 12.6. The number of rotatable bonds is 4. The first-order valence-corrected chi connectivity index (χ1v) is 9.16. The molecular weight excluding hydrogens is 316 g/mol. The molecule has 2 aliphatic carbocycles. The van der Waals surface area contributed by atoms with Crippen molar-refractivity contribution in [3.8, 4) is 11.4 Å². The van der Waals surface area contributed by atoms with E-state index in [-0.39, 0.29) is 12.1 Å². The summed E-state index contributed by atoms with van der Waals surface area (Å²) in [5.74, 6) is 1.19. The summed E-state index contributed by atoms with van der Waals surface area (Å²) in [6.07, 6.45) is 5.41. The van der Waals surface area contributed by atoms with Crippen molar-refractivity contribution in [3.63, 3.8) is 0 Å². The molecule has 0 unspecified atom stereocenters. The van der Waals surface area contributed by atoms with Gasteiger partial charge < -0.3 is 14.7 Å². The number of carbonyl (C=O) groups is 1. The number of urea groups is 1. The van der Waals surface area contributed by atoms with Gasteiger partial charge in [-0.25, -0.2) is 4.79 Å². The number of nitrogens with zero attached hydrogens (tertiary/aromatic N) is 3. The predicted molar refractivity (Wildman–Crippen MR) is 94.1 cm³/mol. The largest absolute Gasteiger partial charge is 0.339 e. The van der Waals surface area contributed by atoms with Gasteiger partial charge >= 0.3 is 6.03 Å². The molecule has 0 bridgehead atoms. The maximum Gasteiger partial charge on any atom is 0.318 e. The van der Waals surface area contributed by atoms with Gasteiger partial charge in [0.25, 0.3) is 0 Å². The first-order valence-electron chi connectivity index (χ1n) is 9.16. The lowest BCUT2D eigenvalue weighted by Crippen LogP contribution is -2.49. The van der Waals surface area contributed by atoms with E-state index in [2.05, 4.69) is 34.5 Å². The van der Waals surface area contributed by atoms with E-state index in [9.17, 15) is 4.79 Å². The Morgan fingerprint density at radius 3 is 2.84 bits per heavy atom. The van der Waals surface area contributed by atoms with E-state index in [1.807, 2.05) is 11.0 Å². The second-order valence-electron chi connectivity index (χ2n) is 6.96. The molecule has 2 aromatic rings. The van der Waals surface area contributed by atoms with Crippen molar-refractivity contribution >= 4 is 6.03 Å². The highest BCUT2D eigenvalue weighted by atomic mass is 16.5. The molecule has 0 spiro atoms. The normalized spacial score (nSPS) is 19.4. The Labute approximate surface area is 147 Å². The van der Waals surface area contributed by atoms with Gasteiger partial charge in [-0.15, -0.1) is 0 Å². The highest BCUT2D eigenvalue weighted by Crippen LogP contribution is 2.34. The van der Waals surface area contributed by atoms with Gasteiger partial charge in [-0.2, -0.15) is 4.98 Å². The number of nitrogens with one attached hydrogen (secondary N) is 1. The van der Waals surface area contributed by atoms with Crippen LogP contribution >= 0.6 is 0 Å². The van der Waals surface area contributed by atoms with E-state index in [0.717, 1.165) is 37.8 Å². The molecule has 4 rings (SSSR count). The average Bonchev–Trinajstić information content (AvgIpc) is 3.16. The minimum absolute atomic E-state index is 0.0721. The lowest BCUT2D eigenvalue weighted by molar-refractivity contribution is 0.139. The summed E-state index contributed by atoms with van der Waals surface area (Å²) >= 11 is 0. The Morgan fingerprint density at radius 2 is 2.20 bits per heavy atom. The molecule has 6 heteroatoms. The molecule has 1 aromatic heterocycles. The van der Waals surface area contributed by atoms with Crippen molar-refractivity contribution in [2.45, 2.75) is 58.0 Å². The van der Waals surface area contributed by atoms with Gasteiger partial charge in [0.1, 0.15) is 0 Å². The van der Waals surface area contributed by atoms with E-state index in [0.29, 0.717) is 17.8 Å². The Morgan fingerprint density at radius 1 is 1.36 bits per heavy atom. The number of hydrogen-bond donors (Lipinski definition) is 1. The monoisotopic (exact) mass is 340 g/mol. The summed E-state index contributed by atoms with van der Waals surface area (Å²) in [6.45, 7) is 4.61. The molecule has 25 heavy (non-hydrogen) atoms. The number of hydrogen-bond acceptors (Lipinski definition) is 4. The van der Waals surface area contributed by atoms with Crippen LogP contribution in [-0.4, -0.2) is 33.7 Å². The van der Waals surface area contributed by atoms with Crippen molar-refractivity contribution < 1.29 is 9.32 Å². The van der Waals surface area contributed by atoms with Gasteiger partial charge in [0.2, 0.25) is 11.7 Å². The minimum Gasteiger partial charge on any atom is -0.339 e. The molecule has 1 saturated carbocycles. The van der Waals surface area contributed by atoms with Crippen LogP contribution in [0.25, 0.3) is 11.4 Å². The van der Waals surface area contributed by atoms with Crippen molar-refractivity contribution in [1.29, 1.82) is 0 Å². The third-order valence-corrected chi connectivity index (χ3v) is 5.42. The molecule has 1 N–H and O–H groups in total. The molecule has 132 valence electrons. The number of aromatic nitrogens is 2. The van der Waals surface area contributed by atoms with Gasteiger partial charge in [-0.3, -0.25) is 0 Å². The third-order valence-electron chi connectivity index (χ3n) is 5.42. The van der Waals surface area contributed by atoms with Gasteiger partial charge in [0, 0.05) is 25.1 Å². The molecule has 0 radical (unpaired) electrons. The molecular formula is C19H24N4O2. The van der Waals surface area contributed by atoms with E-state index < -0.39 is 0 Å². The van der Waals surface area contributed by atoms with Crippen LogP contribution in [0.1, 0.15) is 55.7 Å².